The molecule has 0 spiro atoms. The van der Waals surface area contributed by atoms with Gasteiger partial charge in [0, 0.05) is 67.3 Å². The summed E-state index contributed by atoms with van der Waals surface area (Å²) in [6.07, 6.45) is 5.24. The Hall–Kier alpha value is -7.59. The molecule has 3 heterocycles. The second kappa shape index (κ2) is 26.6. The number of halogens is 1. The van der Waals surface area contributed by atoms with Gasteiger partial charge in [-0.05, 0) is 71.9 Å². The number of rotatable bonds is 25. The first-order chi connectivity index (χ1) is 34.6. The van der Waals surface area contributed by atoms with Crippen LogP contribution in [-0.2, 0) is 69.1 Å². The SMILES string of the molecule is O=C(CCCCCN1C(=O)C=CC1=O)NCC(=O)NCC(=O)N[C@@H](Cc1ccccc1)C(=O)NCC(=O)NCSCCc1ccc(NC(=O)NCc2ccc3c(c2)CN(C2CCC(=O)NC2=O)C3=O)cc1Cl. The number of amides is 12. The van der Waals surface area contributed by atoms with Crippen LogP contribution < -0.4 is 42.5 Å². The molecule has 12 amide bonds. The number of nitrogens with zero attached hydrogens (tertiary/aromatic N) is 2. The van der Waals surface area contributed by atoms with Gasteiger partial charge in [-0.25, -0.2) is 4.79 Å². The van der Waals surface area contributed by atoms with Crippen LogP contribution >= 0.6 is 23.4 Å². The number of hydrogen-bond donors (Lipinski definition) is 8. The molecule has 3 aliphatic heterocycles. The van der Waals surface area contributed by atoms with E-state index >= 15 is 0 Å². The number of aryl methyl sites for hydroxylation is 1. The van der Waals surface area contributed by atoms with Crippen LogP contribution in [0.1, 0.15) is 71.1 Å². The first kappa shape index (κ1) is 53.8. The Morgan fingerprint density at radius 3 is 2.22 bits per heavy atom. The predicted octanol–water partition coefficient (Wildman–Crippen LogP) is 1.33. The molecule has 1 fully saturated rings. The molecule has 380 valence electrons. The van der Waals surface area contributed by atoms with Crippen LogP contribution in [0.25, 0.3) is 0 Å². The van der Waals surface area contributed by atoms with E-state index < -0.39 is 54.2 Å². The maximum atomic E-state index is 13.2. The van der Waals surface area contributed by atoms with E-state index in [2.05, 4.69) is 42.5 Å². The van der Waals surface area contributed by atoms with Crippen molar-refractivity contribution in [3.8, 4) is 0 Å². The number of piperidine rings is 1. The Morgan fingerprint density at radius 2 is 1.47 bits per heavy atom. The van der Waals surface area contributed by atoms with E-state index in [1.54, 1.807) is 60.7 Å². The minimum atomic E-state index is -1.08. The van der Waals surface area contributed by atoms with Gasteiger partial charge in [-0.15, -0.1) is 11.8 Å². The van der Waals surface area contributed by atoms with Crippen molar-refractivity contribution in [1.29, 1.82) is 0 Å². The van der Waals surface area contributed by atoms with E-state index in [-0.39, 0.29) is 93.8 Å². The number of hydrogen-bond acceptors (Lipinski definition) is 12. The number of unbranched alkanes of at least 4 members (excludes halogenated alkanes) is 2. The summed E-state index contributed by atoms with van der Waals surface area (Å²) in [5, 5.41) is 21.0. The molecule has 0 radical (unpaired) electrons. The summed E-state index contributed by atoms with van der Waals surface area (Å²) in [6.45, 7) is -0.557. The van der Waals surface area contributed by atoms with Crippen LogP contribution in [0.4, 0.5) is 10.5 Å². The first-order valence-corrected chi connectivity index (χ1v) is 24.8. The van der Waals surface area contributed by atoms with E-state index in [0.717, 1.165) is 27.2 Å². The minimum Gasteiger partial charge on any atom is -0.347 e. The average molecular weight is 1030 g/mol. The number of nitrogens with one attached hydrogen (secondary N) is 8. The molecule has 3 aliphatic rings. The molecule has 2 atom stereocenters. The molecule has 0 bridgehead atoms. The Balaban J connectivity index is 0.837. The van der Waals surface area contributed by atoms with E-state index in [0.29, 0.717) is 47.7 Å². The molecule has 21 nitrogen and oxygen atoms in total. The highest BCUT2D eigenvalue weighted by molar-refractivity contribution is 7.99. The third-order valence-corrected chi connectivity index (χ3v) is 12.9. The highest BCUT2D eigenvalue weighted by atomic mass is 35.5. The molecule has 1 saturated heterocycles. The molecule has 8 N–H and O–H groups in total. The number of carbonyl (C=O) groups is 11. The van der Waals surface area contributed by atoms with Crippen LogP contribution in [0.2, 0.25) is 5.02 Å². The molecule has 3 aromatic rings. The van der Waals surface area contributed by atoms with Gasteiger partial charge in [0.25, 0.3) is 17.7 Å². The van der Waals surface area contributed by atoms with Gasteiger partial charge >= 0.3 is 6.03 Å². The van der Waals surface area contributed by atoms with Gasteiger partial charge in [-0.1, -0.05) is 66.6 Å². The van der Waals surface area contributed by atoms with Gasteiger partial charge in [0.1, 0.15) is 12.1 Å². The van der Waals surface area contributed by atoms with Gasteiger partial charge in [0.15, 0.2) is 0 Å². The number of thioether (sulfide) groups is 1. The quantitative estimate of drug-likeness (QED) is 0.0339. The van der Waals surface area contributed by atoms with Crippen molar-refractivity contribution in [3.63, 3.8) is 0 Å². The van der Waals surface area contributed by atoms with Crippen LogP contribution in [0.5, 0.6) is 0 Å². The third-order valence-electron chi connectivity index (χ3n) is 11.7. The monoisotopic (exact) mass is 1030 g/mol. The molecule has 72 heavy (non-hydrogen) atoms. The van der Waals surface area contributed by atoms with E-state index in [4.69, 9.17) is 11.6 Å². The van der Waals surface area contributed by atoms with Gasteiger partial charge in [0.05, 0.1) is 25.5 Å². The third kappa shape index (κ3) is 16.2. The van der Waals surface area contributed by atoms with Crippen LogP contribution in [0, 0.1) is 0 Å². The van der Waals surface area contributed by atoms with Crippen molar-refractivity contribution in [3.05, 3.63) is 112 Å². The Labute approximate surface area is 423 Å². The lowest BCUT2D eigenvalue weighted by atomic mass is 10.0. The van der Waals surface area contributed by atoms with E-state index in [1.165, 1.54) is 28.8 Å². The summed E-state index contributed by atoms with van der Waals surface area (Å²) in [4.78, 5) is 139. The molecule has 23 heteroatoms. The second-order valence-corrected chi connectivity index (χ2v) is 18.5. The van der Waals surface area contributed by atoms with Crippen molar-refractivity contribution >= 4 is 94.2 Å². The fraction of sp³-hybridized carbons (Fsp3) is 0.367. The number of fused-ring (bicyclic) bond motifs is 1. The Bertz CT molecular complexity index is 2600. The average Bonchev–Trinajstić information content (AvgIpc) is 3.86. The minimum absolute atomic E-state index is 0.103. The van der Waals surface area contributed by atoms with Crippen LogP contribution in [0.3, 0.4) is 0 Å². The van der Waals surface area contributed by atoms with Gasteiger partial charge in [0.2, 0.25) is 41.4 Å². The number of urea groups is 1. The number of benzene rings is 3. The first-order valence-electron chi connectivity index (χ1n) is 23.3. The highest BCUT2D eigenvalue weighted by Gasteiger charge is 2.39. The van der Waals surface area contributed by atoms with Crippen molar-refractivity contribution in [2.24, 2.45) is 0 Å². The second-order valence-electron chi connectivity index (χ2n) is 17.0. The smallest absolute Gasteiger partial charge is 0.319 e. The standard InChI is InChI=1S/C49H55ClN10O11S/c50-36-23-34(56-49(71)54-24-31-10-13-35-33(21-31)28-60(48(35)70)38-14-15-40(62)58-47(38)69)12-11-32(36)18-20-72-29-55-42(64)26-53-46(68)37(22-30-7-3-1-4-8-30)57-43(65)27-52-41(63)25-51-39(61)9-5-2-6-19-59-44(66)16-17-45(59)67/h1,3-4,7-8,10-13,16-17,21,23,37-38H,2,5-6,9,14-15,18-20,22,24-29H2,(H,51,61)(H,52,63)(H,53,68)(H,55,64)(H,57,65)(H2,54,56,71)(H,58,62,69)/t37-,38?/m0/s1. The summed E-state index contributed by atoms with van der Waals surface area (Å²) in [7, 11) is 0. The lowest BCUT2D eigenvalue weighted by Gasteiger charge is -2.29. The maximum Gasteiger partial charge on any atom is 0.319 e. The van der Waals surface area contributed by atoms with E-state index in [9.17, 15) is 52.7 Å². The van der Waals surface area contributed by atoms with Crippen molar-refractivity contribution in [2.75, 3.05) is 43.1 Å². The largest absolute Gasteiger partial charge is 0.347 e. The molecule has 6 rings (SSSR count). The van der Waals surface area contributed by atoms with Crippen molar-refractivity contribution < 1.29 is 52.7 Å². The van der Waals surface area contributed by atoms with E-state index in [1.807, 2.05) is 6.07 Å². The number of carbonyl (C=O) groups excluding carboxylic acids is 11. The number of anilines is 1. The summed E-state index contributed by atoms with van der Waals surface area (Å²) in [5.41, 5.74) is 3.97. The maximum absolute atomic E-state index is 13.2. The highest BCUT2D eigenvalue weighted by Crippen LogP contribution is 2.28. The molecule has 1 unspecified atom stereocenters. The Morgan fingerprint density at radius 1 is 0.750 bits per heavy atom. The van der Waals surface area contributed by atoms with Crippen LogP contribution in [-0.4, -0.2) is 125 Å². The topological polar surface area (TPSA) is 290 Å². The Kier molecular flexibility index (Phi) is 19.8. The zero-order valence-corrected chi connectivity index (χ0v) is 40.7. The normalized spacial score (nSPS) is 15.3. The summed E-state index contributed by atoms with van der Waals surface area (Å²) >= 11 is 7.96. The molecule has 3 aromatic carbocycles. The van der Waals surface area contributed by atoms with Gasteiger partial charge in [-0.3, -0.25) is 58.2 Å². The fourth-order valence-corrected chi connectivity index (χ4v) is 8.91. The van der Waals surface area contributed by atoms with Crippen molar-refractivity contribution in [1.82, 2.24) is 47.0 Å². The summed E-state index contributed by atoms with van der Waals surface area (Å²) < 4.78 is 0. The lowest BCUT2D eigenvalue weighted by Crippen LogP contribution is -2.52. The van der Waals surface area contributed by atoms with Crippen LogP contribution in [0.15, 0.2) is 78.9 Å². The summed E-state index contributed by atoms with van der Waals surface area (Å²) in [5.74, 6) is -3.77. The summed E-state index contributed by atoms with van der Waals surface area (Å²) in [6, 6.07) is 17.0. The molecular weight excluding hydrogens is 972 g/mol. The van der Waals surface area contributed by atoms with Gasteiger partial charge < -0.3 is 42.1 Å². The molecular formula is C49H55ClN10O11S. The molecule has 0 aromatic heterocycles. The predicted molar refractivity (Wildman–Crippen MR) is 264 cm³/mol. The molecule has 0 aliphatic carbocycles. The zero-order valence-electron chi connectivity index (χ0n) is 39.1. The number of imide groups is 2. The molecule has 0 saturated carbocycles. The fourth-order valence-electron chi connectivity index (χ4n) is 7.86. The zero-order chi connectivity index (χ0) is 51.6. The van der Waals surface area contributed by atoms with Gasteiger partial charge in [-0.2, -0.15) is 0 Å². The van der Waals surface area contributed by atoms with Crippen molar-refractivity contribution in [2.45, 2.75) is 76.5 Å². The lowest BCUT2D eigenvalue weighted by molar-refractivity contribution is -0.138.